The van der Waals surface area contributed by atoms with Gasteiger partial charge in [0.25, 0.3) is 0 Å². The van der Waals surface area contributed by atoms with Gasteiger partial charge in [0.2, 0.25) is 0 Å². The first kappa shape index (κ1) is 14.2. The Morgan fingerprint density at radius 1 is 1.00 bits per heavy atom. The third kappa shape index (κ3) is 3.85. The highest BCUT2D eigenvalue weighted by Gasteiger charge is 2.19. The number of aryl methyl sites for hydroxylation is 3. The fourth-order valence-corrected chi connectivity index (χ4v) is 1.78. The fraction of sp³-hybridized carbons (Fsp3) is 0.625. The van der Waals surface area contributed by atoms with Gasteiger partial charge in [-0.05, 0) is 55.4 Å². The zero-order valence-corrected chi connectivity index (χ0v) is 12.4. The second-order valence-electron chi connectivity index (χ2n) is 6.33. The van der Waals surface area contributed by atoms with E-state index in [1.807, 2.05) is 0 Å². The molecule has 1 N–H and O–H groups in total. The Morgan fingerprint density at radius 3 is 2.06 bits per heavy atom. The first-order valence-electron chi connectivity index (χ1n) is 6.52. The summed E-state index contributed by atoms with van der Waals surface area (Å²) in [6.45, 7) is 16.6. The summed E-state index contributed by atoms with van der Waals surface area (Å²) in [4.78, 5) is 0. The van der Waals surface area contributed by atoms with E-state index < -0.39 is 0 Å². The normalized spacial score (nSPS) is 13.8. The number of nitrogens with one attached hydrogen (secondary N) is 1. The summed E-state index contributed by atoms with van der Waals surface area (Å²) in [5.74, 6) is 0. The lowest BCUT2D eigenvalue weighted by molar-refractivity contribution is 0.285. The van der Waals surface area contributed by atoms with Crippen molar-refractivity contribution < 1.29 is 0 Å². The predicted octanol–water partition coefficient (Wildman–Crippen LogP) is 4.14. The van der Waals surface area contributed by atoms with Crippen molar-refractivity contribution in [3.63, 3.8) is 0 Å². The zero-order valence-electron chi connectivity index (χ0n) is 12.4. The molecule has 1 unspecified atom stereocenters. The molecule has 1 nitrogen and oxygen atoms in total. The van der Waals surface area contributed by atoms with Crippen LogP contribution in [0.5, 0.6) is 0 Å². The van der Waals surface area contributed by atoms with Gasteiger partial charge in [-0.15, -0.1) is 0 Å². The van der Waals surface area contributed by atoms with Crippen LogP contribution < -0.4 is 5.32 Å². The van der Waals surface area contributed by atoms with Crippen molar-refractivity contribution in [2.24, 2.45) is 5.41 Å². The number of hydrogen-bond donors (Lipinski definition) is 1. The van der Waals surface area contributed by atoms with E-state index in [-0.39, 0.29) is 0 Å². The van der Waals surface area contributed by atoms with Gasteiger partial charge in [0, 0.05) is 12.6 Å². The van der Waals surface area contributed by atoms with E-state index in [2.05, 4.69) is 65.9 Å². The molecule has 17 heavy (non-hydrogen) atoms. The van der Waals surface area contributed by atoms with E-state index in [9.17, 15) is 0 Å². The molecule has 0 amide bonds. The topological polar surface area (TPSA) is 12.0 Å². The van der Waals surface area contributed by atoms with Crippen molar-refractivity contribution >= 4 is 0 Å². The highest BCUT2D eigenvalue weighted by molar-refractivity contribution is 5.36. The summed E-state index contributed by atoms with van der Waals surface area (Å²) in [6.07, 6.45) is 0. The molecule has 0 aliphatic heterocycles. The average Bonchev–Trinajstić information content (AvgIpc) is 2.19. The Labute approximate surface area is 107 Å². The van der Waals surface area contributed by atoms with Crippen LogP contribution in [0.25, 0.3) is 0 Å². The lowest BCUT2D eigenvalue weighted by Gasteiger charge is -2.28. The molecule has 0 saturated carbocycles. The quantitative estimate of drug-likeness (QED) is 0.827. The van der Waals surface area contributed by atoms with Crippen molar-refractivity contribution in [3.05, 3.63) is 34.4 Å². The van der Waals surface area contributed by atoms with Crippen LogP contribution in [0, 0.1) is 26.2 Å². The molecule has 0 fully saturated rings. The molecule has 0 saturated heterocycles. The molecule has 0 spiro atoms. The Morgan fingerprint density at radius 2 is 1.53 bits per heavy atom. The standard InChI is InChI=1S/C16H27N/c1-11-8-13(3)15(9-12(11)2)10-17-14(4)16(5,6)7/h8-9,14,17H,10H2,1-7H3. The van der Waals surface area contributed by atoms with Crippen LogP contribution in [0.4, 0.5) is 0 Å². The molecule has 0 aliphatic rings. The van der Waals surface area contributed by atoms with Crippen molar-refractivity contribution in [1.29, 1.82) is 0 Å². The van der Waals surface area contributed by atoms with E-state index in [0.717, 1.165) is 6.54 Å². The Balaban J connectivity index is 2.73. The highest BCUT2D eigenvalue weighted by atomic mass is 14.9. The van der Waals surface area contributed by atoms with E-state index in [4.69, 9.17) is 0 Å². The zero-order chi connectivity index (χ0) is 13.2. The first-order chi connectivity index (χ1) is 7.71. The van der Waals surface area contributed by atoms with Crippen LogP contribution in [0.3, 0.4) is 0 Å². The van der Waals surface area contributed by atoms with Crippen LogP contribution in [0.1, 0.15) is 49.9 Å². The molecule has 1 aromatic carbocycles. The molecule has 1 rings (SSSR count). The van der Waals surface area contributed by atoms with Gasteiger partial charge in [-0.3, -0.25) is 0 Å². The Kier molecular flexibility index (Phi) is 4.37. The molecule has 0 bridgehead atoms. The smallest absolute Gasteiger partial charge is 0.0210 e. The predicted molar refractivity (Wildman–Crippen MR) is 76.4 cm³/mol. The summed E-state index contributed by atoms with van der Waals surface area (Å²) in [5, 5.41) is 3.63. The summed E-state index contributed by atoms with van der Waals surface area (Å²) in [5.41, 5.74) is 5.89. The summed E-state index contributed by atoms with van der Waals surface area (Å²) in [7, 11) is 0. The van der Waals surface area contributed by atoms with Gasteiger partial charge in [0.1, 0.15) is 0 Å². The lowest BCUT2D eigenvalue weighted by atomic mass is 9.88. The molecular weight excluding hydrogens is 206 g/mol. The van der Waals surface area contributed by atoms with Gasteiger partial charge in [0.05, 0.1) is 0 Å². The van der Waals surface area contributed by atoms with E-state index in [1.54, 1.807) is 0 Å². The van der Waals surface area contributed by atoms with Gasteiger partial charge in [-0.25, -0.2) is 0 Å². The first-order valence-corrected chi connectivity index (χ1v) is 6.52. The molecular formula is C16H27N. The van der Waals surface area contributed by atoms with E-state index in [0.29, 0.717) is 11.5 Å². The van der Waals surface area contributed by atoms with Crippen LogP contribution in [-0.2, 0) is 6.54 Å². The van der Waals surface area contributed by atoms with Crippen molar-refractivity contribution in [1.82, 2.24) is 5.32 Å². The summed E-state index contributed by atoms with van der Waals surface area (Å²) in [6, 6.07) is 5.12. The molecule has 0 heterocycles. The van der Waals surface area contributed by atoms with Crippen LogP contribution in [-0.4, -0.2) is 6.04 Å². The van der Waals surface area contributed by atoms with E-state index >= 15 is 0 Å². The molecule has 96 valence electrons. The maximum Gasteiger partial charge on any atom is 0.0210 e. The molecule has 0 aliphatic carbocycles. The van der Waals surface area contributed by atoms with Crippen molar-refractivity contribution in [3.8, 4) is 0 Å². The van der Waals surface area contributed by atoms with Gasteiger partial charge >= 0.3 is 0 Å². The second kappa shape index (κ2) is 5.22. The maximum atomic E-state index is 3.63. The minimum Gasteiger partial charge on any atom is -0.310 e. The molecule has 0 radical (unpaired) electrons. The monoisotopic (exact) mass is 233 g/mol. The lowest BCUT2D eigenvalue weighted by Crippen LogP contribution is -2.37. The Hall–Kier alpha value is -0.820. The molecule has 1 aromatic rings. The fourth-order valence-electron chi connectivity index (χ4n) is 1.78. The number of benzene rings is 1. The van der Waals surface area contributed by atoms with Crippen molar-refractivity contribution in [2.75, 3.05) is 0 Å². The minimum absolute atomic E-state index is 0.313. The summed E-state index contributed by atoms with van der Waals surface area (Å²) >= 11 is 0. The summed E-state index contributed by atoms with van der Waals surface area (Å²) < 4.78 is 0. The molecule has 0 aromatic heterocycles. The van der Waals surface area contributed by atoms with Gasteiger partial charge in [-0.2, -0.15) is 0 Å². The third-order valence-corrected chi connectivity index (χ3v) is 3.85. The highest BCUT2D eigenvalue weighted by Crippen LogP contribution is 2.20. The number of hydrogen-bond acceptors (Lipinski definition) is 1. The average molecular weight is 233 g/mol. The third-order valence-electron chi connectivity index (χ3n) is 3.85. The molecule has 1 atom stereocenters. The number of rotatable bonds is 3. The van der Waals surface area contributed by atoms with Gasteiger partial charge in [0.15, 0.2) is 0 Å². The van der Waals surface area contributed by atoms with Gasteiger partial charge in [-0.1, -0.05) is 32.9 Å². The van der Waals surface area contributed by atoms with Crippen LogP contribution >= 0.6 is 0 Å². The maximum absolute atomic E-state index is 3.63. The van der Waals surface area contributed by atoms with Crippen LogP contribution in [0.2, 0.25) is 0 Å². The largest absolute Gasteiger partial charge is 0.310 e. The van der Waals surface area contributed by atoms with Crippen molar-refractivity contribution in [2.45, 2.75) is 61.1 Å². The van der Waals surface area contributed by atoms with Crippen LogP contribution in [0.15, 0.2) is 12.1 Å². The SMILES string of the molecule is Cc1cc(C)c(CNC(C)C(C)(C)C)cc1C. The van der Waals surface area contributed by atoms with Gasteiger partial charge < -0.3 is 5.32 Å². The second-order valence-corrected chi connectivity index (χ2v) is 6.33. The molecule has 1 heteroatoms. The minimum atomic E-state index is 0.313. The Bertz CT molecular complexity index is 385. The van der Waals surface area contributed by atoms with E-state index in [1.165, 1.54) is 22.3 Å².